The molecule has 0 saturated carbocycles. The van der Waals surface area contributed by atoms with E-state index in [1.807, 2.05) is 30.3 Å². The molecule has 0 radical (unpaired) electrons. The van der Waals surface area contributed by atoms with E-state index >= 15 is 0 Å². The third-order valence-electron chi connectivity index (χ3n) is 5.40. The third kappa shape index (κ3) is 2.96. The van der Waals surface area contributed by atoms with Crippen molar-refractivity contribution in [2.24, 2.45) is 5.92 Å². The van der Waals surface area contributed by atoms with Crippen LogP contribution in [0.5, 0.6) is 0 Å². The van der Waals surface area contributed by atoms with Crippen LogP contribution in [0, 0.1) is 11.7 Å². The number of halogens is 2. The Kier molecular flexibility index (Phi) is 4.53. The highest BCUT2D eigenvalue weighted by atomic mass is 35.5. The predicted octanol–water partition coefficient (Wildman–Crippen LogP) is 4.53. The second-order valence-corrected chi connectivity index (χ2v) is 7.64. The number of hydroxylamine groups is 1. The van der Waals surface area contributed by atoms with E-state index in [4.69, 9.17) is 16.4 Å². The summed E-state index contributed by atoms with van der Waals surface area (Å²) in [6.45, 7) is 0. The van der Waals surface area contributed by atoms with E-state index in [1.54, 1.807) is 41.5 Å². The Morgan fingerprint density at radius 3 is 2.27 bits per heavy atom. The normalized spacial score (nSPS) is 23.2. The first-order valence-electron chi connectivity index (χ1n) is 9.44. The standard InChI is InChI=1S/C23H16ClFN2O3/c24-15-9-11-17(12-10-15)26-22(28)19-20(14-5-4-6-16(25)13-14)27(30-21(19)23(26)29)18-7-2-1-3-8-18/h1-13,19-21H/t19-,20+,21+/m0/s1. The third-order valence-corrected chi connectivity index (χ3v) is 5.65. The Labute approximate surface area is 177 Å². The number of hydrogen-bond acceptors (Lipinski definition) is 4. The van der Waals surface area contributed by atoms with Gasteiger partial charge in [0.15, 0.2) is 6.10 Å². The lowest BCUT2D eigenvalue weighted by molar-refractivity contribution is -0.126. The monoisotopic (exact) mass is 422 g/mol. The van der Waals surface area contributed by atoms with Gasteiger partial charge >= 0.3 is 0 Å². The molecule has 0 N–H and O–H groups in total. The average Bonchev–Trinajstić information content (AvgIpc) is 3.26. The minimum Gasteiger partial charge on any atom is -0.273 e. The lowest BCUT2D eigenvalue weighted by atomic mass is 9.90. The highest BCUT2D eigenvalue weighted by molar-refractivity contribution is 6.31. The molecule has 3 atom stereocenters. The zero-order valence-corrected chi connectivity index (χ0v) is 16.4. The fourth-order valence-corrected chi connectivity index (χ4v) is 4.21. The van der Waals surface area contributed by atoms with Gasteiger partial charge in [-0.15, -0.1) is 0 Å². The quantitative estimate of drug-likeness (QED) is 0.582. The number of carbonyl (C=O) groups is 2. The van der Waals surface area contributed by atoms with Crippen LogP contribution in [0.4, 0.5) is 15.8 Å². The van der Waals surface area contributed by atoms with Crippen LogP contribution < -0.4 is 9.96 Å². The largest absolute Gasteiger partial charge is 0.273 e. The summed E-state index contributed by atoms with van der Waals surface area (Å²) in [5.74, 6) is -2.07. The maximum atomic E-state index is 14.0. The molecule has 150 valence electrons. The summed E-state index contributed by atoms with van der Waals surface area (Å²) in [5, 5.41) is 2.04. The Morgan fingerprint density at radius 1 is 0.833 bits per heavy atom. The summed E-state index contributed by atoms with van der Waals surface area (Å²) in [4.78, 5) is 33.7. The molecule has 2 aliphatic heterocycles. The van der Waals surface area contributed by atoms with E-state index < -0.39 is 29.8 Å². The minimum atomic E-state index is -0.998. The molecule has 5 nitrogen and oxygen atoms in total. The molecule has 2 heterocycles. The zero-order chi connectivity index (χ0) is 20.8. The fourth-order valence-electron chi connectivity index (χ4n) is 4.09. The molecular formula is C23H16ClFN2O3. The molecule has 2 aliphatic rings. The first-order valence-corrected chi connectivity index (χ1v) is 9.82. The molecule has 3 aromatic carbocycles. The average molecular weight is 423 g/mol. The number of fused-ring (bicyclic) bond motifs is 1. The van der Waals surface area contributed by atoms with Crippen molar-refractivity contribution in [1.29, 1.82) is 0 Å². The summed E-state index contributed by atoms with van der Waals surface area (Å²) in [7, 11) is 0. The molecule has 5 rings (SSSR count). The van der Waals surface area contributed by atoms with Gasteiger partial charge in [0, 0.05) is 5.02 Å². The molecule has 0 bridgehead atoms. The first kappa shape index (κ1) is 18.8. The van der Waals surface area contributed by atoms with Crippen molar-refractivity contribution in [3.8, 4) is 0 Å². The van der Waals surface area contributed by atoms with Crippen LogP contribution in [-0.4, -0.2) is 17.9 Å². The molecule has 7 heteroatoms. The van der Waals surface area contributed by atoms with E-state index in [0.29, 0.717) is 22.0 Å². The van der Waals surface area contributed by atoms with Crippen molar-refractivity contribution in [3.63, 3.8) is 0 Å². The Morgan fingerprint density at radius 2 is 1.57 bits per heavy atom. The van der Waals surface area contributed by atoms with Crippen LogP contribution in [0.1, 0.15) is 11.6 Å². The predicted molar refractivity (Wildman–Crippen MR) is 110 cm³/mol. The van der Waals surface area contributed by atoms with E-state index in [9.17, 15) is 14.0 Å². The van der Waals surface area contributed by atoms with Crippen LogP contribution in [0.3, 0.4) is 0 Å². The van der Waals surface area contributed by atoms with E-state index in [-0.39, 0.29) is 5.91 Å². The topological polar surface area (TPSA) is 49.9 Å². The summed E-state index contributed by atoms with van der Waals surface area (Å²) in [6, 6.07) is 21.0. The lowest BCUT2D eigenvalue weighted by Crippen LogP contribution is -2.37. The van der Waals surface area contributed by atoms with E-state index in [2.05, 4.69) is 0 Å². The van der Waals surface area contributed by atoms with Crippen LogP contribution in [-0.2, 0) is 14.4 Å². The van der Waals surface area contributed by atoms with Crippen molar-refractivity contribution in [2.45, 2.75) is 12.1 Å². The summed E-state index contributed by atoms with van der Waals surface area (Å²) >= 11 is 5.94. The molecule has 2 amide bonds. The van der Waals surface area contributed by atoms with Crippen molar-refractivity contribution in [3.05, 3.63) is 95.3 Å². The maximum absolute atomic E-state index is 14.0. The lowest BCUT2D eigenvalue weighted by Gasteiger charge is -2.28. The number of rotatable bonds is 3. The summed E-state index contributed by atoms with van der Waals surface area (Å²) in [5.41, 5.74) is 1.67. The Bertz CT molecular complexity index is 1120. The minimum absolute atomic E-state index is 0.389. The van der Waals surface area contributed by atoms with Gasteiger partial charge in [0.05, 0.1) is 17.4 Å². The van der Waals surface area contributed by atoms with Gasteiger partial charge in [-0.2, -0.15) is 0 Å². The van der Waals surface area contributed by atoms with Gasteiger partial charge in [0.2, 0.25) is 5.91 Å². The maximum Gasteiger partial charge on any atom is 0.266 e. The Balaban J connectivity index is 1.59. The van der Waals surface area contributed by atoms with Gasteiger partial charge < -0.3 is 0 Å². The number of para-hydroxylation sites is 1. The molecule has 0 aliphatic carbocycles. The first-order chi connectivity index (χ1) is 14.5. The van der Waals surface area contributed by atoms with Crippen molar-refractivity contribution < 1.29 is 18.8 Å². The number of imide groups is 1. The van der Waals surface area contributed by atoms with Crippen LogP contribution in [0.15, 0.2) is 78.9 Å². The highest BCUT2D eigenvalue weighted by Gasteiger charge is 2.60. The molecule has 30 heavy (non-hydrogen) atoms. The van der Waals surface area contributed by atoms with E-state index in [0.717, 1.165) is 4.90 Å². The molecule has 0 unspecified atom stereocenters. The SMILES string of the molecule is O=C1[C@H]2[C@@H](c3cccc(F)c3)N(c3ccccc3)O[C@H]2C(=O)N1c1ccc(Cl)cc1. The number of hydrogen-bond donors (Lipinski definition) is 0. The summed E-state index contributed by atoms with van der Waals surface area (Å²) in [6.07, 6.45) is -0.998. The van der Waals surface area contributed by atoms with Crippen LogP contribution in [0.25, 0.3) is 0 Å². The van der Waals surface area contributed by atoms with Crippen molar-refractivity contribution in [2.75, 3.05) is 9.96 Å². The number of carbonyl (C=O) groups excluding carboxylic acids is 2. The van der Waals surface area contributed by atoms with Gasteiger partial charge in [-0.05, 0) is 54.1 Å². The molecule has 3 aromatic rings. The van der Waals surface area contributed by atoms with Crippen LogP contribution in [0.2, 0.25) is 5.02 Å². The van der Waals surface area contributed by atoms with Crippen LogP contribution >= 0.6 is 11.6 Å². The van der Waals surface area contributed by atoms with Crippen molar-refractivity contribution >= 4 is 34.8 Å². The molecule has 0 spiro atoms. The smallest absolute Gasteiger partial charge is 0.266 e. The number of amides is 2. The second kappa shape index (κ2) is 7.23. The zero-order valence-electron chi connectivity index (χ0n) is 15.6. The molecule has 0 aromatic heterocycles. The fraction of sp³-hybridized carbons (Fsp3) is 0.130. The summed E-state index contributed by atoms with van der Waals surface area (Å²) < 4.78 is 14.0. The molecule has 2 fully saturated rings. The van der Waals surface area contributed by atoms with Gasteiger partial charge in [0.25, 0.3) is 5.91 Å². The van der Waals surface area contributed by atoms with Crippen molar-refractivity contribution in [1.82, 2.24) is 0 Å². The highest BCUT2D eigenvalue weighted by Crippen LogP contribution is 2.47. The number of benzene rings is 3. The van der Waals surface area contributed by atoms with E-state index in [1.165, 1.54) is 12.1 Å². The number of anilines is 2. The number of nitrogens with zero attached hydrogens (tertiary/aromatic N) is 2. The van der Waals surface area contributed by atoms with Gasteiger partial charge in [-0.25, -0.2) is 14.4 Å². The van der Waals surface area contributed by atoms with Gasteiger partial charge in [-0.3, -0.25) is 14.4 Å². The molecule has 2 saturated heterocycles. The van der Waals surface area contributed by atoms with Gasteiger partial charge in [0.1, 0.15) is 11.7 Å². The second-order valence-electron chi connectivity index (χ2n) is 7.20. The van der Waals surface area contributed by atoms with Gasteiger partial charge in [-0.1, -0.05) is 41.9 Å². The Hall–Kier alpha value is -3.22. The molecular weight excluding hydrogens is 407 g/mol.